The van der Waals surface area contributed by atoms with E-state index in [0.29, 0.717) is 23.0 Å². The van der Waals surface area contributed by atoms with E-state index in [1.54, 1.807) is 31.3 Å². The summed E-state index contributed by atoms with van der Waals surface area (Å²) in [7, 11) is 0. The van der Waals surface area contributed by atoms with Gasteiger partial charge in [-0.3, -0.25) is 4.79 Å². The molecule has 0 aliphatic carbocycles. The Hall–Kier alpha value is -3.15. The minimum atomic E-state index is -0.261. The molecule has 134 valence electrons. The van der Waals surface area contributed by atoms with Gasteiger partial charge in [0.15, 0.2) is 5.82 Å². The van der Waals surface area contributed by atoms with Gasteiger partial charge in [0.25, 0.3) is 5.91 Å². The number of amides is 1. The zero-order chi connectivity index (χ0) is 18.5. The topological polar surface area (TPSA) is 80.0 Å². The second kappa shape index (κ2) is 7.82. The molecule has 1 aromatic carbocycles. The maximum absolute atomic E-state index is 12.4. The summed E-state index contributed by atoms with van der Waals surface area (Å²) in [6.07, 6.45) is 3.45. The van der Waals surface area contributed by atoms with Crippen LogP contribution in [0.15, 0.2) is 47.1 Å². The number of rotatable bonds is 6. The van der Waals surface area contributed by atoms with Gasteiger partial charge in [0.05, 0.1) is 0 Å². The van der Waals surface area contributed by atoms with E-state index >= 15 is 0 Å². The molecule has 0 saturated carbocycles. The number of carbonyl (C=O) groups is 1. The molecule has 0 fully saturated rings. The molecule has 0 radical (unpaired) electrons. The Balaban J connectivity index is 1.83. The number of hydrogen-bond acceptors (Lipinski definition) is 5. The number of hydrogen-bond donors (Lipinski definition) is 2. The van der Waals surface area contributed by atoms with E-state index in [1.165, 1.54) is 11.1 Å². The standard InChI is InChI=1S/C20H22N4O2/c1-4-14-7-6-8-15(5-2)19(14)22-17-12-16(9-10-21-17)20(25)23-18-11-13(3)26-24-18/h6-12H,4-5H2,1-3H3,(H,21,22)(H,23,24,25). The molecular formula is C20H22N4O2. The highest BCUT2D eigenvalue weighted by atomic mass is 16.5. The van der Waals surface area contributed by atoms with Crippen molar-refractivity contribution in [1.29, 1.82) is 0 Å². The molecule has 6 nitrogen and oxygen atoms in total. The van der Waals surface area contributed by atoms with Gasteiger partial charge in [0.1, 0.15) is 11.6 Å². The average Bonchev–Trinajstić information content (AvgIpc) is 3.06. The number of anilines is 3. The monoisotopic (exact) mass is 350 g/mol. The van der Waals surface area contributed by atoms with Crippen LogP contribution in [0, 0.1) is 6.92 Å². The second-order valence-electron chi connectivity index (χ2n) is 5.99. The third-order valence-corrected chi connectivity index (χ3v) is 4.14. The molecule has 0 bridgehead atoms. The number of aromatic nitrogens is 2. The largest absolute Gasteiger partial charge is 0.360 e. The van der Waals surface area contributed by atoms with Crippen molar-refractivity contribution in [1.82, 2.24) is 10.1 Å². The van der Waals surface area contributed by atoms with Gasteiger partial charge in [0.2, 0.25) is 0 Å². The molecule has 0 atom stereocenters. The number of aryl methyl sites for hydroxylation is 3. The fourth-order valence-electron chi connectivity index (χ4n) is 2.79. The smallest absolute Gasteiger partial charge is 0.257 e. The maximum atomic E-state index is 12.4. The summed E-state index contributed by atoms with van der Waals surface area (Å²) in [6.45, 7) is 6.02. The molecule has 3 rings (SSSR count). The number of nitrogens with one attached hydrogen (secondary N) is 2. The van der Waals surface area contributed by atoms with Crippen LogP contribution in [0.5, 0.6) is 0 Å². The van der Waals surface area contributed by atoms with Crippen molar-refractivity contribution in [3.05, 3.63) is 65.0 Å². The molecule has 0 aliphatic rings. The third-order valence-electron chi connectivity index (χ3n) is 4.14. The molecule has 2 heterocycles. The summed E-state index contributed by atoms with van der Waals surface area (Å²) in [4.78, 5) is 16.8. The fourth-order valence-corrected chi connectivity index (χ4v) is 2.79. The average molecular weight is 350 g/mol. The van der Waals surface area contributed by atoms with Crippen LogP contribution in [0.4, 0.5) is 17.3 Å². The van der Waals surface area contributed by atoms with Gasteiger partial charge in [-0.1, -0.05) is 37.2 Å². The molecule has 26 heavy (non-hydrogen) atoms. The van der Waals surface area contributed by atoms with E-state index in [0.717, 1.165) is 18.5 Å². The van der Waals surface area contributed by atoms with Gasteiger partial charge in [-0.15, -0.1) is 0 Å². The van der Waals surface area contributed by atoms with Gasteiger partial charge < -0.3 is 15.2 Å². The summed E-state index contributed by atoms with van der Waals surface area (Å²) in [6, 6.07) is 11.3. The fraction of sp³-hybridized carbons (Fsp3) is 0.250. The first kappa shape index (κ1) is 17.7. The summed E-state index contributed by atoms with van der Waals surface area (Å²) in [5.41, 5.74) is 4.00. The Morgan fingerprint density at radius 3 is 2.42 bits per heavy atom. The van der Waals surface area contributed by atoms with Crippen LogP contribution in [0.2, 0.25) is 0 Å². The predicted molar refractivity (Wildman–Crippen MR) is 102 cm³/mol. The Kier molecular flexibility index (Phi) is 5.31. The van der Waals surface area contributed by atoms with E-state index in [1.807, 2.05) is 0 Å². The molecule has 1 amide bonds. The van der Waals surface area contributed by atoms with Crippen LogP contribution < -0.4 is 10.6 Å². The van der Waals surface area contributed by atoms with Crippen molar-refractivity contribution in [2.75, 3.05) is 10.6 Å². The molecule has 0 saturated heterocycles. The first-order chi connectivity index (χ1) is 12.6. The van der Waals surface area contributed by atoms with Gasteiger partial charge in [-0.05, 0) is 43.0 Å². The van der Waals surface area contributed by atoms with E-state index in [-0.39, 0.29) is 5.91 Å². The molecule has 6 heteroatoms. The SMILES string of the molecule is CCc1cccc(CC)c1Nc1cc(C(=O)Nc2cc(C)on2)ccn1. The van der Waals surface area contributed by atoms with Crippen LogP contribution in [0.25, 0.3) is 0 Å². The summed E-state index contributed by atoms with van der Waals surface area (Å²) >= 11 is 0. The number of carbonyl (C=O) groups excluding carboxylic acids is 1. The van der Waals surface area contributed by atoms with E-state index in [2.05, 4.69) is 52.8 Å². The molecule has 2 aromatic heterocycles. The first-order valence-electron chi connectivity index (χ1n) is 8.69. The Labute approximate surface area is 152 Å². The Morgan fingerprint density at radius 1 is 1.08 bits per heavy atom. The number of para-hydroxylation sites is 1. The van der Waals surface area contributed by atoms with Crippen molar-refractivity contribution in [3.8, 4) is 0 Å². The minimum Gasteiger partial charge on any atom is -0.360 e. The normalized spacial score (nSPS) is 10.6. The van der Waals surface area contributed by atoms with Crippen LogP contribution in [-0.2, 0) is 12.8 Å². The van der Waals surface area contributed by atoms with Crippen LogP contribution in [0.1, 0.15) is 41.1 Å². The maximum Gasteiger partial charge on any atom is 0.257 e. The van der Waals surface area contributed by atoms with Crippen molar-refractivity contribution in [2.45, 2.75) is 33.6 Å². The Morgan fingerprint density at radius 2 is 1.81 bits per heavy atom. The third kappa shape index (κ3) is 3.91. The van der Waals surface area contributed by atoms with Gasteiger partial charge in [0, 0.05) is 23.5 Å². The molecule has 2 N–H and O–H groups in total. The summed E-state index contributed by atoms with van der Waals surface area (Å²) in [5.74, 6) is 1.40. The molecular weight excluding hydrogens is 328 g/mol. The first-order valence-corrected chi connectivity index (χ1v) is 8.69. The van der Waals surface area contributed by atoms with Crippen LogP contribution in [0.3, 0.4) is 0 Å². The summed E-state index contributed by atoms with van der Waals surface area (Å²) in [5, 5.41) is 9.88. The minimum absolute atomic E-state index is 0.261. The van der Waals surface area contributed by atoms with Crippen LogP contribution in [-0.4, -0.2) is 16.0 Å². The zero-order valence-corrected chi connectivity index (χ0v) is 15.2. The molecule has 0 unspecified atom stereocenters. The van der Waals surface area contributed by atoms with Gasteiger partial charge in [-0.25, -0.2) is 4.98 Å². The number of pyridine rings is 1. The molecule has 3 aromatic rings. The van der Waals surface area contributed by atoms with Crippen LogP contribution >= 0.6 is 0 Å². The van der Waals surface area contributed by atoms with E-state index < -0.39 is 0 Å². The lowest BCUT2D eigenvalue weighted by Crippen LogP contribution is -2.12. The molecule has 0 spiro atoms. The van der Waals surface area contributed by atoms with Crippen molar-refractivity contribution in [2.24, 2.45) is 0 Å². The van der Waals surface area contributed by atoms with Gasteiger partial charge >= 0.3 is 0 Å². The number of benzene rings is 1. The number of nitrogens with zero attached hydrogens (tertiary/aromatic N) is 2. The van der Waals surface area contributed by atoms with Crippen molar-refractivity contribution >= 4 is 23.2 Å². The predicted octanol–water partition coefficient (Wildman–Crippen LogP) is 4.50. The quantitative estimate of drug-likeness (QED) is 0.684. The lowest BCUT2D eigenvalue weighted by Gasteiger charge is -2.15. The van der Waals surface area contributed by atoms with Crippen molar-refractivity contribution in [3.63, 3.8) is 0 Å². The van der Waals surface area contributed by atoms with Gasteiger partial charge in [-0.2, -0.15) is 0 Å². The van der Waals surface area contributed by atoms with E-state index in [9.17, 15) is 4.79 Å². The lowest BCUT2D eigenvalue weighted by atomic mass is 10.0. The highest BCUT2D eigenvalue weighted by molar-refractivity contribution is 6.04. The summed E-state index contributed by atoms with van der Waals surface area (Å²) < 4.78 is 4.97. The van der Waals surface area contributed by atoms with E-state index in [4.69, 9.17) is 4.52 Å². The van der Waals surface area contributed by atoms with Crippen molar-refractivity contribution < 1.29 is 9.32 Å². The molecule has 0 aliphatic heterocycles. The Bertz CT molecular complexity index is 895. The second-order valence-corrected chi connectivity index (χ2v) is 5.99. The lowest BCUT2D eigenvalue weighted by molar-refractivity contribution is 0.102. The highest BCUT2D eigenvalue weighted by Gasteiger charge is 2.12. The highest BCUT2D eigenvalue weighted by Crippen LogP contribution is 2.26. The zero-order valence-electron chi connectivity index (χ0n) is 15.2.